The van der Waals surface area contributed by atoms with Crippen molar-refractivity contribution in [3.8, 4) is 0 Å². The summed E-state index contributed by atoms with van der Waals surface area (Å²) in [5.41, 5.74) is -0.262. The van der Waals surface area contributed by atoms with Crippen LogP contribution in [0.5, 0.6) is 0 Å². The average Bonchev–Trinajstić information content (AvgIpc) is 3.56. The second kappa shape index (κ2) is 12.9. The molecule has 1 fully saturated rings. The Bertz CT molecular complexity index is 2050. The molecule has 1 aromatic heterocycles. The van der Waals surface area contributed by atoms with Crippen LogP contribution < -0.4 is 11.2 Å². The van der Waals surface area contributed by atoms with Crippen molar-refractivity contribution in [2.45, 2.75) is 43.5 Å². The molecule has 10 heteroatoms. The Morgan fingerprint density at radius 1 is 0.816 bits per heavy atom. The van der Waals surface area contributed by atoms with E-state index in [2.05, 4.69) is 15.9 Å². The van der Waals surface area contributed by atoms with Crippen LogP contribution in [0.1, 0.15) is 46.9 Å². The van der Waals surface area contributed by atoms with Gasteiger partial charge in [0, 0.05) is 17.3 Å². The average molecular weight is 724 g/mol. The molecular formula is C39H32BrFN2O6. The predicted molar refractivity (Wildman–Crippen MR) is 185 cm³/mol. The monoisotopic (exact) mass is 722 g/mol. The lowest BCUT2D eigenvalue weighted by Gasteiger charge is -2.36. The maximum atomic E-state index is 17.1. The van der Waals surface area contributed by atoms with Crippen molar-refractivity contribution < 1.29 is 23.4 Å². The fourth-order valence-electron chi connectivity index (χ4n) is 6.78. The van der Waals surface area contributed by atoms with Gasteiger partial charge >= 0.3 is 5.69 Å². The van der Waals surface area contributed by atoms with Crippen LogP contribution >= 0.6 is 15.9 Å². The third kappa shape index (κ3) is 5.74. The van der Waals surface area contributed by atoms with E-state index in [1.54, 1.807) is 32.0 Å². The normalized spacial score (nSPS) is 20.0. The molecule has 7 rings (SSSR count). The van der Waals surface area contributed by atoms with Crippen LogP contribution in [0.3, 0.4) is 0 Å². The summed E-state index contributed by atoms with van der Waals surface area (Å²) in [6.07, 6.45) is -0.743. The lowest BCUT2D eigenvalue weighted by molar-refractivity contribution is -0.150. The molecule has 0 saturated carbocycles. The Hall–Kier alpha value is -4.74. The SMILES string of the molecule is CC1(C)OC2C(COC(c3ccccc3)(c3ccccc3)c3ccccc3)=C(F)C(n3cc(Br)c(=O)n(C(=O)c4ccccc4)c3=O)C2O1. The Morgan fingerprint density at radius 2 is 1.31 bits per heavy atom. The van der Waals surface area contributed by atoms with Gasteiger partial charge < -0.3 is 14.2 Å². The van der Waals surface area contributed by atoms with E-state index in [1.165, 1.54) is 18.3 Å². The van der Waals surface area contributed by atoms with Gasteiger partial charge in [-0.2, -0.15) is 4.57 Å². The van der Waals surface area contributed by atoms with Crippen molar-refractivity contribution >= 4 is 21.8 Å². The van der Waals surface area contributed by atoms with Crippen LogP contribution in [-0.2, 0) is 19.8 Å². The number of hydrogen-bond acceptors (Lipinski definition) is 6. The Labute approximate surface area is 290 Å². The molecule has 3 unspecified atom stereocenters. The van der Waals surface area contributed by atoms with E-state index in [4.69, 9.17) is 14.2 Å². The molecule has 2 aliphatic rings. The molecule has 0 radical (unpaired) electrons. The molecule has 1 saturated heterocycles. The van der Waals surface area contributed by atoms with Crippen LogP contribution in [0.25, 0.3) is 0 Å². The highest BCUT2D eigenvalue weighted by Crippen LogP contribution is 2.49. The quantitative estimate of drug-likeness (QED) is 0.164. The van der Waals surface area contributed by atoms with E-state index in [-0.39, 0.29) is 22.2 Å². The standard InChI is InChI=1S/C39H32BrFN2O6/c1-38(2)48-33-29(24-47-39(26-17-9-4-10-18-26,27-19-11-5-12-20-27)28-21-13-6-14-22-28)31(41)32(34(33)49-38)42-23-30(40)36(45)43(37(42)46)35(44)25-15-7-3-8-16-25/h3-23,32-34H,24H2,1-2H3. The van der Waals surface area contributed by atoms with Crippen molar-refractivity contribution in [1.29, 1.82) is 0 Å². The first kappa shape index (κ1) is 32.8. The number of nitrogens with zero attached hydrogens (tertiary/aromatic N) is 2. The number of aromatic nitrogens is 2. The predicted octanol–water partition coefficient (Wildman–Crippen LogP) is 6.77. The van der Waals surface area contributed by atoms with Crippen molar-refractivity contribution in [2.75, 3.05) is 6.61 Å². The summed E-state index contributed by atoms with van der Waals surface area (Å²) in [5, 5.41) is 0. The van der Waals surface area contributed by atoms with Gasteiger partial charge in [0.25, 0.3) is 11.5 Å². The van der Waals surface area contributed by atoms with Crippen molar-refractivity contribution in [3.63, 3.8) is 0 Å². The maximum Gasteiger partial charge on any atom is 0.339 e. The largest absolute Gasteiger partial charge is 0.356 e. The summed E-state index contributed by atoms with van der Waals surface area (Å²) in [5.74, 6) is -2.68. The molecule has 0 bridgehead atoms. The van der Waals surface area contributed by atoms with Crippen LogP contribution in [0.15, 0.2) is 153 Å². The van der Waals surface area contributed by atoms with Crippen LogP contribution in [-0.4, -0.2) is 39.6 Å². The molecule has 3 atom stereocenters. The summed E-state index contributed by atoms with van der Waals surface area (Å²) in [6, 6.07) is 35.7. The lowest BCUT2D eigenvalue weighted by Crippen LogP contribution is -2.46. The molecule has 49 heavy (non-hydrogen) atoms. The van der Waals surface area contributed by atoms with Gasteiger partial charge in [0.2, 0.25) is 0 Å². The molecule has 0 amide bonds. The van der Waals surface area contributed by atoms with Crippen molar-refractivity contribution in [1.82, 2.24) is 9.13 Å². The van der Waals surface area contributed by atoms with Gasteiger partial charge in [-0.15, -0.1) is 0 Å². The number of carbonyl (C=O) groups is 1. The third-order valence-corrected chi connectivity index (χ3v) is 9.47. The first-order valence-corrected chi connectivity index (χ1v) is 16.6. The fourth-order valence-corrected chi connectivity index (χ4v) is 7.17. The fraction of sp³-hybridized carbons (Fsp3) is 0.205. The Balaban J connectivity index is 1.36. The second-order valence-corrected chi connectivity index (χ2v) is 13.2. The zero-order chi connectivity index (χ0) is 34.3. The minimum Gasteiger partial charge on any atom is -0.356 e. The summed E-state index contributed by atoms with van der Waals surface area (Å²) in [4.78, 5) is 40.6. The molecule has 5 aromatic rings. The number of halogens is 2. The number of carbonyl (C=O) groups excluding carboxylic acids is 1. The highest BCUT2D eigenvalue weighted by atomic mass is 79.9. The topological polar surface area (TPSA) is 88.8 Å². The van der Waals surface area contributed by atoms with E-state index < -0.39 is 52.6 Å². The number of benzene rings is 4. The van der Waals surface area contributed by atoms with Crippen LogP contribution in [0, 0.1) is 0 Å². The van der Waals surface area contributed by atoms with E-state index in [9.17, 15) is 14.4 Å². The molecule has 248 valence electrons. The van der Waals surface area contributed by atoms with Crippen LogP contribution in [0.2, 0.25) is 0 Å². The Morgan fingerprint density at radius 3 is 1.82 bits per heavy atom. The van der Waals surface area contributed by atoms with Crippen molar-refractivity contribution in [2.24, 2.45) is 0 Å². The zero-order valence-electron chi connectivity index (χ0n) is 26.7. The summed E-state index contributed by atoms with van der Waals surface area (Å²) in [6.45, 7) is 3.18. The molecule has 1 aliphatic heterocycles. The van der Waals surface area contributed by atoms with Gasteiger partial charge in [-0.25, -0.2) is 9.18 Å². The van der Waals surface area contributed by atoms with Crippen molar-refractivity contribution in [3.05, 3.63) is 186 Å². The van der Waals surface area contributed by atoms with Gasteiger partial charge in [-0.1, -0.05) is 109 Å². The molecular weight excluding hydrogens is 691 g/mol. The summed E-state index contributed by atoms with van der Waals surface area (Å²) in [7, 11) is 0. The molecule has 1 aliphatic carbocycles. The minimum absolute atomic E-state index is 0.0974. The molecule has 0 spiro atoms. The van der Waals surface area contributed by atoms with E-state index in [1.807, 2.05) is 91.0 Å². The number of rotatable bonds is 8. The molecule has 0 N–H and O–H groups in total. The number of hydrogen-bond donors (Lipinski definition) is 0. The first-order valence-electron chi connectivity index (χ1n) is 15.8. The van der Waals surface area contributed by atoms with Gasteiger partial charge in [0.15, 0.2) is 5.79 Å². The molecule has 4 aromatic carbocycles. The highest BCUT2D eigenvalue weighted by Gasteiger charge is 2.56. The lowest BCUT2D eigenvalue weighted by atomic mass is 9.80. The highest BCUT2D eigenvalue weighted by molar-refractivity contribution is 9.10. The van der Waals surface area contributed by atoms with Gasteiger partial charge in [-0.05, 0) is 58.6 Å². The summed E-state index contributed by atoms with van der Waals surface area (Å²) >= 11 is 3.20. The first-order chi connectivity index (χ1) is 23.6. The van der Waals surface area contributed by atoms with E-state index >= 15 is 4.39 Å². The second-order valence-electron chi connectivity index (χ2n) is 12.4. The Kier molecular flexibility index (Phi) is 8.66. The zero-order valence-corrected chi connectivity index (χ0v) is 28.2. The van der Waals surface area contributed by atoms with Gasteiger partial charge in [0.1, 0.15) is 29.7 Å². The number of ether oxygens (including phenoxy) is 3. The third-order valence-electron chi connectivity index (χ3n) is 8.93. The van der Waals surface area contributed by atoms with Crippen LogP contribution in [0.4, 0.5) is 4.39 Å². The van der Waals surface area contributed by atoms with E-state index in [0.29, 0.717) is 4.57 Å². The van der Waals surface area contributed by atoms with Gasteiger partial charge in [-0.3, -0.25) is 14.2 Å². The maximum absolute atomic E-state index is 17.1. The number of fused-ring (bicyclic) bond motifs is 1. The molecule has 8 nitrogen and oxygen atoms in total. The smallest absolute Gasteiger partial charge is 0.339 e. The summed E-state index contributed by atoms with van der Waals surface area (Å²) < 4.78 is 37.9. The minimum atomic E-state index is -1.36. The van der Waals surface area contributed by atoms with E-state index in [0.717, 1.165) is 21.3 Å². The molecule has 2 heterocycles. The van der Waals surface area contributed by atoms with Gasteiger partial charge in [0.05, 0.1) is 11.1 Å².